The lowest BCUT2D eigenvalue weighted by molar-refractivity contribution is 0.199. The molecule has 1 aliphatic heterocycles. The molecule has 1 aromatic heterocycles. The summed E-state index contributed by atoms with van der Waals surface area (Å²) in [5.74, 6) is 2.35. The highest BCUT2D eigenvalue weighted by atomic mass is 32.2. The van der Waals surface area contributed by atoms with Gasteiger partial charge < -0.3 is 10.0 Å². The van der Waals surface area contributed by atoms with Crippen molar-refractivity contribution in [2.45, 2.75) is 13.0 Å². The van der Waals surface area contributed by atoms with Crippen LogP contribution in [-0.2, 0) is 10.8 Å². The van der Waals surface area contributed by atoms with Gasteiger partial charge in [-0.2, -0.15) is 0 Å². The zero-order valence-electron chi connectivity index (χ0n) is 9.30. The standard InChI is InChI=1S/C11H16N2O2S/c1-9(14)10-2-3-11(12-8-10)13-4-6-16(15)7-5-13/h2-3,8-9,14H,4-7H2,1H3/t9-/m1/s1. The maximum atomic E-state index is 11.2. The molecule has 16 heavy (non-hydrogen) atoms. The number of rotatable bonds is 2. The Bertz CT molecular complexity index is 368. The van der Waals surface area contributed by atoms with Crippen molar-refractivity contribution in [1.82, 2.24) is 4.98 Å². The topological polar surface area (TPSA) is 53.4 Å². The Hall–Kier alpha value is -0.940. The van der Waals surface area contributed by atoms with Crippen LogP contribution in [0.1, 0.15) is 18.6 Å². The van der Waals surface area contributed by atoms with Crippen LogP contribution in [0.25, 0.3) is 0 Å². The van der Waals surface area contributed by atoms with Crippen LogP contribution < -0.4 is 4.90 Å². The average Bonchev–Trinajstić information content (AvgIpc) is 2.30. The molecule has 1 atom stereocenters. The number of nitrogens with zero attached hydrogens (tertiary/aromatic N) is 2. The first-order valence-electron chi connectivity index (χ1n) is 5.41. The average molecular weight is 240 g/mol. The van der Waals surface area contributed by atoms with E-state index in [2.05, 4.69) is 9.88 Å². The molecular formula is C11H16N2O2S. The Balaban J connectivity index is 2.07. The molecule has 4 nitrogen and oxygen atoms in total. The van der Waals surface area contributed by atoms with Crippen molar-refractivity contribution in [1.29, 1.82) is 0 Å². The van der Waals surface area contributed by atoms with Gasteiger partial charge in [0.2, 0.25) is 0 Å². The molecule has 0 saturated carbocycles. The second-order valence-electron chi connectivity index (χ2n) is 3.96. The summed E-state index contributed by atoms with van der Waals surface area (Å²) in [6.45, 7) is 3.32. The van der Waals surface area contributed by atoms with Crippen molar-refractivity contribution < 1.29 is 9.32 Å². The molecule has 1 fully saturated rings. The Morgan fingerprint density at radius 3 is 2.62 bits per heavy atom. The first-order valence-corrected chi connectivity index (χ1v) is 6.89. The van der Waals surface area contributed by atoms with E-state index in [1.165, 1.54) is 0 Å². The van der Waals surface area contributed by atoms with E-state index >= 15 is 0 Å². The molecule has 1 aromatic rings. The van der Waals surface area contributed by atoms with E-state index in [1.807, 2.05) is 12.1 Å². The van der Waals surface area contributed by atoms with Crippen molar-refractivity contribution in [2.75, 3.05) is 29.5 Å². The summed E-state index contributed by atoms with van der Waals surface area (Å²) in [7, 11) is -0.656. The molecule has 88 valence electrons. The van der Waals surface area contributed by atoms with Crippen molar-refractivity contribution in [2.24, 2.45) is 0 Å². The summed E-state index contributed by atoms with van der Waals surface area (Å²) in [5.41, 5.74) is 0.823. The second-order valence-corrected chi connectivity index (χ2v) is 5.66. The number of aromatic nitrogens is 1. The van der Waals surface area contributed by atoms with E-state index in [1.54, 1.807) is 13.1 Å². The predicted octanol–water partition coefficient (Wildman–Crippen LogP) is 0.704. The smallest absolute Gasteiger partial charge is 0.128 e. The second kappa shape index (κ2) is 4.93. The van der Waals surface area contributed by atoms with Crippen LogP contribution in [0.2, 0.25) is 0 Å². The molecule has 1 N–H and O–H groups in total. The lowest BCUT2D eigenvalue weighted by atomic mass is 10.2. The summed E-state index contributed by atoms with van der Waals surface area (Å²) in [5, 5.41) is 9.37. The number of hydrogen-bond acceptors (Lipinski definition) is 4. The minimum absolute atomic E-state index is 0.476. The summed E-state index contributed by atoms with van der Waals surface area (Å²) in [6, 6.07) is 3.80. The Morgan fingerprint density at radius 1 is 1.44 bits per heavy atom. The number of pyridine rings is 1. The zero-order chi connectivity index (χ0) is 11.5. The minimum Gasteiger partial charge on any atom is -0.389 e. The van der Waals surface area contributed by atoms with Crippen molar-refractivity contribution in [3.8, 4) is 0 Å². The lowest BCUT2D eigenvalue weighted by Gasteiger charge is -2.27. The highest BCUT2D eigenvalue weighted by molar-refractivity contribution is 7.85. The minimum atomic E-state index is -0.656. The molecule has 2 heterocycles. The summed E-state index contributed by atoms with van der Waals surface area (Å²) in [4.78, 5) is 6.45. The van der Waals surface area contributed by atoms with Crippen LogP contribution in [0.4, 0.5) is 5.82 Å². The Labute approximate surface area is 97.8 Å². The van der Waals surface area contributed by atoms with Crippen LogP contribution in [0, 0.1) is 0 Å². The molecule has 0 unspecified atom stereocenters. The third kappa shape index (κ3) is 2.59. The maximum Gasteiger partial charge on any atom is 0.128 e. The van der Waals surface area contributed by atoms with Gasteiger partial charge in [-0.05, 0) is 18.6 Å². The molecule has 0 bridgehead atoms. The van der Waals surface area contributed by atoms with Crippen LogP contribution >= 0.6 is 0 Å². The molecular weight excluding hydrogens is 224 g/mol. The van der Waals surface area contributed by atoms with Gasteiger partial charge >= 0.3 is 0 Å². The molecule has 2 rings (SSSR count). The summed E-state index contributed by atoms with van der Waals surface area (Å²) in [6.07, 6.45) is 1.22. The van der Waals surface area contributed by atoms with Gasteiger partial charge in [0, 0.05) is 41.6 Å². The molecule has 0 radical (unpaired) electrons. The monoisotopic (exact) mass is 240 g/mol. The Morgan fingerprint density at radius 2 is 2.12 bits per heavy atom. The summed E-state index contributed by atoms with van der Waals surface area (Å²) >= 11 is 0. The van der Waals surface area contributed by atoms with E-state index in [0.717, 1.165) is 36.0 Å². The van der Waals surface area contributed by atoms with Gasteiger partial charge in [-0.1, -0.05) is 6.07 Å². The number of aliphatic hydroxyl groups is 1. The number of anilines is 1. The van der Waals surface area contributed by atoms with Crippen LogP contribution in [-0.4, -0.2) is 38.9 Å². The molecule has 5 heteroatoms. The van der Waals surface area contributed by atoms with Crippen LogP contribution in [0.15, 0.2) is 18.3 Å². The fraction of sp³-hybridized carbons (Fsp3) is 0.545. The van der Waals surface area contributed by atoms with Gasteiger partial charge in [0.1, 0.15) is 5.82 Å². The van der Waals surface area contributed by atoms with E-state index in [0.29, 0.717) is 0 Å². The molecule has 0 aromatic carbocycles. The van der Waals surface area contributed by atoms with Gasteiger partial charge in [-0.25, -0.2) is 4.98 Å². The van der Waals surface area contributed by atoms with Crippen LogP contribution in [0.5, 0.6) is 0 Å². The summed E-state index contributed by atoms with van der Waals surface area (Å²) < 4.78 is 11.2. The van der Waals surface area contributed by atoms with E-state index in [4.69, 9.17) is 0 Å². The quantitative estimate of drug-likeness (QED) is 0.827. The van der Waals surface area contributed by atoms with Gasteiger partial charge in [-0.15, -0.1) is 0 Å². The fourth-order valence-electron chi connectivity index (χ4n) is 1.70. The highest BCUT2D eigenvalue weighted by Crippen LogP contribution is 2.17. The van der Waals surface area contributed by atoms with Crippen molar-refractivity contribution in [3.63, 3.8) is 0 Å². The first-order chi connectivity index (χ1) is 7.66. The van der Waals surface area contributed by atoms with Gasteiger partial charge in [-0.3, -0.25) is 4.21 Å². The molecule has 1 aliphatic rings. The highest BCUT2D eigenvalue weighted by Gasteiger charge is 2.16. The van der Waals surface area contributed by atoms with Gasteiger partial charge in [0.05, 0.1) is 6.10 Å². The molecule has 0 spiro atoms. The molecule has 1 saturated heterocycles. The largest absolute Gasteiger partial charge is 0.389 e. The predicted molar refractivity (Wildman–Crippen MR) is 65.0 cm³/mol. The van der Waals surface area contributed by atoms with E-state index in [-0.39, 0.29) is 0 Å². The lowest BCUT2D eigenvalue weighted by Crippen LogP contribution is -2.38. The third-order valence-electron chi connectivity index (χ3n) is 2.75. The van der Waals surface area contributed by atoms with Gasteiger partial charge in [0.25, 0.3) is 0 Å². The van der Waals surface area contributed by atoms with Crippen molar-refractivity contribution in [3.05, 3.63) is 23.9 Å². The number of hydrogen-bond donors (Lipinski definition) is 1. The maximum absolute atomic E-state index is 11.2. The normalized spacial score (nSPS) is 19.8. The first kappa shape index (κ1) is 11.5. The SMILES string of the molecule is C[C@@H](O)c1ccc(N2CCS(=O)CC2)nc1. The number of aliphatic hydroxyl groups excluding tert-OH is 1. The van der Waals surface area contributed by atoms with E-state index < -0.39 is 16.9 Å². The van der Waals surface area contributed by atoms with Gasteiger partial charge in [0.15, 0.2) is 0 Å². The molecule has 0 amide bonds. The van der Waals surface area contributed by atoms with E-state index in [9.17, 15) is 9.32 Å². The molecule has 0 aliphatic carbocycles. The van der Waals surface area contributed by atoms with Crippen molar-refractivity contribution >= 4 is 16.6 Å². The Kier molecular flexibility index (Phi) is 3.56. The third-order valence-corrected chi connectivity index (χ3v) is 4.03. The fourth-order valence-corrected chi connectivity index (χ4v) is 2.75. The van der Waals surface area contributed by atoms with Crippen LogP contribution in [0.3, 0.4) is 0 Å². The zero-order valence-corrected chi connectivity index (χ0v) is 10.1.